The first-order valence-corrected chi connectivity index (χ1v) is 2.01. The number of ketones is 1. The van der Waals surface area contributed by atoms with E-state index in [2.05, 4.69) is 5.16 Å². The van der Waals surface area contributed by atoms with E-state index in [1.165, 1.54) is 0 Å². The number of hydrogen-bond acceptors (Lipinski definition) is 3. The van der Waals surface area contributed by atoms with Crippen LogP contribution in [0, 0.1) is 0 Å². The molecule has 0 aromatic carbocycles. The van der Waals surface area contributed by atoms with E-state index < -0.39 is 0 Å². The predicted molar refractivity (Wildman–Crippen MR) is 25.6 cm³/mol. The third-order valence-electron chi connectivity index (χ3n) is 0.550. The van der Waals surface area contributed by atoms with Gasteiger partial charge in [-0.25, -0.2) is 0 Å². The fourth-order valence-corrected chi connectivity index (χ4v) is 0.156. The molecule has 0 aromatic rings. The Morgan fingerprint density at radius 3 is 2.71 bits per heavy atom. The van der Waals surface area contributed by atoms with Gasteiger partial charge in [-0.2, -0.15) is 0 Å². The first kappa shape index (κ1) is 6.14. The molecule has 0 spiro atoms. The molecule has 0 heterocycles. The Kier molecular flexibility index (Phi) is 2.92. The molecule has 0 rings (SSSR count). The average molecular weight is 101 g/mol. The van der Waals surface area contributed by atoms with Gasteiger partial charge in [-0.05, 0) is 0 Å². The van der Waals surface area contributed by atoms with Gasteiger partial charge in [0, 0.05) is 6.42 Å². The van der Waals surface area contributed by atoms with Crippen LogP contribution in [0.5, 0.6) is 0 Å². The number of Topliss-reactive ketones (excluding diaryl/α,β-unsaturated/α-hetero) is 1. The Bertz CT molecular complexity index is 87.7. The van der Waals surface area contributed by atoms with E-state index in [0.717, 1.165) is 6.21 Å². The van der Waals surface area contributed by atoms with Crippen LogP contribution >= 0.6 is 0 Å². The van der Waals surface area contributed by atoms with E-state index in [1.807, 2.05) is 0 Å². The van der Waals surface area contributed by atoms with Crippen LogP contribution in [0.4, 0.5) is 0 Å². The van der Waals surface area contributed by atoms with Crippen molar-refractivity contribution in [3.8, 4) is 0 Å². The summed E-state index contributed by atoms with van der Waals surface area (Å²) >= 11 is 0. The zero-order valence-corrected chi connectivity index (χ0v) is 4.09. The predicted octanol–water partition coefficient (Wildman–Crippen LogP) is 0.426. The summed E-state index contributed by atoms with van der Waals surface area (Å²) in [6, 6.07) is 0. The summed E-state index contributed by atoms with van der Waals surface area (Å²) in [6.07, 6.45) is 1.28. The minimum absolute atomic E-state index is 0.164. The summed E-state index contributed by atoms with van der Waals surface area (Å²) in [6.45, 7) is 1.70. The molecule has 3 heteroatoms. The topological polar surface area (TPSA) is 49.7 Å². The monoisotopic (exact) mass is 101 g/mol. The summed E-state index contributed by atoms with van der Waals surface area (Å²) in [4.78, 5) is 10.1. The summed E-state index contributed by atoms with van der Waals surface area (Å²) < 4.78 is 0. The highest BCUT2D eigenvalue weighted by atomic mass is 16.4. The molecule has 0 amide bonds. The van der Waals surface area contributed by atoms with Crippen LogP contribution in [0.15, 0.2) is 5.16 Å². The van der Waals surface area contributed by atoms with Crippen molar-refractivity contribution in [3.05, 3.63) is 0 Å². The summed E-state index contributed by atoms with van der Waals surface area (Å²) in [5.74, 6) is -0.164. The molecular weight excluding hydrogens is 94.0 g/mol. The van der Waals surface area contributed by atoms with E-state index in [9.17, 15) is 4.79 Å². The van der Waals surface area contributed by atoms with Crippen molar-refractivity contribution in [3.63, 3.8) is 0 Å². The second-order valence-corrected chi connectivity index (χ2v) is 1.06. The van der Waals surface area contributed by atoms with Crippen LogP contribution < -0.4 is 0 Å². The molecule has 0 aromatic heterocycles. The minimum Gasteiger partial charge on any atom is -0.411 e. The summed E-state index contributed by atoms with van der Waals surface area (Å²) in [5.41, 5.74) is 0. The molecule has 0 saturated carbocycles. The van der Waals surface area contributed by atoms with E-state index in [1.54, 1.807) is 6.92 Å². The van der Waals surface area contributed by atoms with Crippen molar-refractivity contribution in [1.82, 2.24) is 0 Å². The Labute approximate surface area is 41.6 Å². The lowest BCUT2D eigenvalue weighted by Gasteiger charge is -1.76. The molecular formula is C4H7NO2. The SMILES string of the molecule is CCC(=O)C=NO. The molecule has 0 radical (unpaired) electrons. The molecule has 0 aliphatic heterocycles. The first-order chi connectivity index (χ1) is 3.31. The third kappa shape index (κ3) is 2.96. The van der Waals surface area contributed by atoms with Crippen molar-refractivity contribution in [2.75, 3.05) is 0 Å². The Morgan fingerprint density at radius 1 is 2.00 bits per heavy atom. The van der Waals surface area contributed by atoms with Crippen LogP contribution in [-0.2, 0) is 4.79 Å². The van der Waals surface area contributed by atoms with Crippen molar-refractivity contribution in [1.29, 1.82) is 0 Å². The van der Waals surface area contributed by atoms with E-state index >= 15 is 0 Å². The zero-order valence-electron chi connectivity index (χ0n) is 4.09. The molecule has 0 aliphatic carbocycles. The van der Waals surface area contributed by atoms with Crippen LogP contribution in [0.3, 0.4) is 0 Å². The summed E-state index contributed by atoms with van der Waals surface area (Å²) in [7, 11) is 0. The van der Waals surface area contributed by atoms with Crippen LogP contribution in [0.1, 0.15) is 13.3 Å². The number of nitrogens with zero attached hydrogens (tertiary/aromatic N) is 1. The van der Waals surface area contributed by atoms with Crippen LogP contribution in [-0.4, -0.2) is 17.2 Å². The van der Waals surface area contributed by atoms with Gasteiger partial charge >= 0.3 is 0 Å². The second-order valence-electron chi connectivity index (χ2n) is 1.06. The molecule has 0 saturated heterocycles. The molecule has 0 unspecified atom stereocenters. The van der Waals surface area contributed by atoms with Crippen molar-refractivity contribution in [2.45, 2.75) is 13.3 Å². The van der Waals surface area contributed by atoms with Gasteiger partial charge < -0.3 is 5.21 Å². The highest BCUT2D eigenvalue weighted by Gasteiger charge is 1.86. The Hall–Kier alpha value is -0.860. The molecule has 0 bridgehead atoms. The Morgan fingerprint density at radius 2 is 2.57 bits per heavy atom. The van der Waals surface area contributed by atoms with Gasteiger partial charge in [0.15, 0.2) is 5.78 Å². The molecule has 0 aliphatic rings. The highest BCUT2D eigenvalue weighted by molar-refractivity contribution is 6.27. The van der Waals surface area contributed by atoms with Crippen LogP contribution in [0.2, 0.25) is 0 Å². The van der Waals surface area contributed by atoms with E-state index in [-0.39, 0.29) is 5.78 Å². The average Bonchev–Trinajstić information content (AvgIpc) is 1.68. The maximum Gasteiger partial charge on any atom is 0.176 e. The molecule has 1 N–H and O–H groups in total. The minimum atomic E-state index is -0.164. The van der Waals surface area contributed by atoms with Gasteiger partial charge in [-0.15, -0.1) is 0 Å². The van der Waals surface area contributed by atoms with Crippen molar-refractivity contribution >= 4 is 12.0 Å². The van der Waals surface area contributed by atoms with E-state index in [0.29, 0.717) is 6.42 Å². The molecule has 3 nitrogen and oxygen atoms in total. The number of rotatable bonds is 2. The number of hydrogen-bond donors (Lipinski definition) is 1. The molecule has 40 valence electrons. The van der Waals surface area contributed by atoms with Gasteiger partial charge in [0.25, 0.3) is 0 Å². The number of carbonyl (C=O) groups is 1. The van der Waals surface area contributed by atoms with Gasteiger partial charge in [-0.3, -0.25) is 4.79 Å². The van der Waals surface area contributed by atoms with Crippen LogP contribution in [0.25, 0.3) is 0 Å². The van der Waals surface area contributed by atoms with Gasteiger partial charge in [0.1, 0.15) is 6.21 Å². The third-order valence-corrected chi connectivity index (χ3v) is 0.550. The van der Waals surface area contributed by atoms with Crippen molar-refractivity contribution < 1.29 is 10.0 Å². The maximum absolute atomic E-state index is 10.1. The fourth-order valence-electron chi connectivity index (χ4n) is 0.156. The molecule has 7 heavy (non-hydrogen) atoms. The highest BCUT2D eigenvalue weighted by Crippen LogP contribution is 1.72. The lowest BCUT2D eigenvalue weighted by molar-refractivity contribution is -0.112. The van der Waals surface area contributed by atoms with Gasteiger partial charge in [0.05, 0.1) is 0 Å². The first-order valence-electron chi connectivity index (χ1n) is 2.01. The second kappa shape index (κ2) is 3.33. The standard InChI is InChI=1S/C4H7NO2/c1-2-4(6)3-5-7/h3,7H,2H2,1H3. The lowest BCUT2D eigenvalue weighted by Crippen LogP contribution is -1.94. The number of carbonyl (C=O) groups excluding carboxylic acids is 1. The molecule has 0 atom stereocenters. The largest absolute Gasteiger partial charge is 0.411 e. The van der Waals surface area contributed by atoms with Crippen molar-refractivity contribution in [2.24, 2.45) is 5.16 Å². The quantitative estimate of drug-likeness (QED) is 0.311. The lowest BCUT2D eigenvalue weighted by atomic mass is 10.3. The fraction of sp³-hybridized carbons (Fsp3) is 0.500. The smallest absolute Gasteiger partial charge is 0.176 e. The molecule has 0 fully saturated rings. The number of oxime groups is 1. The Balaban J connectivity index is 3.37. The van der Waals surface area contributed by atoms with Gasteiger partial charge in [0.2, 0.25) is 0 Å². The zero-order chi connectivity index (χ0) is 5.70. The maximum atomic E-state index is 10.1. The normalized spacial score (nSPS) is 9.86. The summed E-state index contributed by atoms with van der Waals surface area (Å²) in [5, 5.41) is 10.2. The van der Waals surface area contributed by atoms with Gasteiger partial charge in [-0.1, -0.05) is 12.1 Å². The van der Waals surface area contributed by atoms with E-state index in [4.69, 9.17) is 5.21 Å².